The molecule has 2 N–H and O–H groups in total. The highest BCUT2D eigenvalue weighted by atomic mass is 35.5. The van der Waals surface area contributed by atoms with Crippen LogP contribution in [0.25, 0.3) is 0 Å². The van der Waals surface area contributed by atoms with Crippen LogP contribution in [-0.2, 0) is 12.3 Å². The van der Waals surface area contributed by atoms with Crippen LogP contribution in [0, 0.1) is 0 Å². The number of benzene rings is 2. The van der Waals surface area contributed by atoms with Crippen LogP contribution >= 0.6 is 23.4 Å². The van der Waals surface area contributed by atoms with Crippen molar-refractivity contribution in [2.24, 2.45) is 0 Å². The zero-order valence-corrected chi connectivity index (χ0v) is 13.4. The van der Waals surface area contributed by atoms with Crippen LogP contribution in [0.3, 0.4) is 0 Å². The van der Waals surface area contributed by atoms with Gasteiger partial charge in [0.1, 0.15) is 0 Å². The summed E-state index contributed by atoms with van der Waals surface area (Å²) in [6.45, 7) is 0.565. The summed E-state index contributed by atoms with van der Waals surface area (Å²) in [5, 5.41) is 9.66. The minimum atomic E-state index is 0.399. The molecule has 0 spiro atoms. The van der Waals surface area contributed by atoms with E-state index < -0.39 is 0 Å². The van der Waals surface area contributed by atoms with Gasteiger partial charge in [0.25, 0.3) is 0 Å². The standard InChI is InChI=1S/C16H15ClN4S/c17-14-9-5-4-8-13(14)10-21-15(18)19-20-16(21)22-11-12-6-2-1-3-7-12/h1-9H,10-11H2,(H2,18,19). The van der Waals surface area contributed by atoms with Crippen molar-refractivity contribution >= 4 is 29.3 Å². The van der Waals surface area contributed by atoms with Crippen LogP contribution < -0.4 is 5.73 Å². The summed E-state index contributed by atoms with van der Waals surface area (Å²) in [4.78, 5) is 0. The van der Waals surface area contributed by atoms with Gasteiger partial charge in [-0.05, 0) is 17.2 Å². The number of anilines is 1. The molecule has 0 saturated heterocycles. The molecular weight excluding hydrogens is 316 g/mol. The molecule has 1 aromatic heterocycles. The largest absolute Gasteiger partial charge is 0.368 e. The highest BCUT2D eigenvalue weighted by Crippen LogP contribution is 2.25. The third kappa shape index (κ3) is 3.43. The van der Waals surface area contributed by atoms with Gasteiger partial charge in [-0.2, -0.15) is 0 Å². The maximum Gasteiger partial charge on any atom is 0.223 e. The molecule has 3 rings (SSSR count). The molecule has 0 saturated carbocycles. The fourth-order valence-electron chi connectivity index (χ4n) is 2.07. The minimum Gasteiger partial charge on any atom is -0.368 e. The Bertz CT molecular complexity index is 758. The highest BCUT2D eigenvalue weighted by Gasteiger charge is 2.12. The lowest BCUT2D eigenvalue weighted by Gasteiger charge is -2.09. The molecule has 6 heteroatoms. The molecule has 0 fully saturated rings. The number of thioether (sulfide) groups is 1. The van der Waals surface area contributed by atoms with Crippen molar-refractivity contribution < 1.29 is 0 Å². The average molecular weight is 331 g/mol. The highest BCUT2D eigenvalue weighted by molar-refractivity contribution is 7.98. The molecule has 0 atom stereocenters. The predicted molar refractivity (Wildman–Crippen MR) is 91.0 cm³/mol. The van der Waals surface area contributed by atoms with Crippen molar-refractivity contribution in [3.05, 3.63) is 70.7 Å². The lowest BCUT2D eigenvalue weighted by Crippen LogP contribution is -2.06. The first-order valence-electron chi connectivity index (χ1n) is 6.83. The van der Waals surface area contributed by atoms with Crippen molar-refractivity contribution in [2.45, 2.75) is 17.5 Å². The van der Waals surface area contributed by atoms with Crippen LogP contribution in [0.2, 0.25) is 5.02 Å². The zero-order valence-electron chi connectivity index (χ0n) is 11.8. The van der Waals surface area contributed by atoms with E-state index in [1.54, 1.807) is 11.8 Å². The second kappa shape index (κ2) is 6.85. The van der Waals surface area contributed by atoms with Gasteiger partial charge < -0.3 is 5.73 Å². The second-order valence-electron chi connectivity index (χ2n) is 4.79. The summed E-state index contributed by atoms with van der Waals surface area (Å²) in [5.41, 5.74) is 8.17. The van der Waals surface area contributed by atoms with Crippen molar-refractivity contribution in [1.82, 2.24) is 14.8 Å². The first kappa shape index (κ1) is 14.9. The molecule has 2 aromatic carbocycles. The van der Waals surface area contributed by atoms with Gasteiger partial charge in [-0.25, -0.2) is 0 Å². The van der Waals surface area contributed by atoms with Crippen LogP contribution in [0.1, 0.15) is 11.1 Å². The normalized spacial score (nSPS) is 10.8. The topological polar surface area (TPSA) is 56.7 Å². The third-order valence-corrected chi connectivity index (χ3v) is 4.65. The van der Waals surface area contributed by atoms with Gasteiger partial charge in [-0.3, -0.25) is 4.57 Å². The molecule has 0 bridgehead atoms. The van der Waals surface area contributed by atoms with Crippen LogP contribution in [0.15, 0.2) is 59.8 Å². The molecule has 0 aliphatic carbocycles. The van der Waals surface area contributed by atoms with E-state index in [4.69, 9.17) is 17.3 Å². The molecule has 0 unspecified atom stereocenters. The van der Waals surface area contributed by atoms with Gasteiger partial charge >= 0.3 is 0 Å². The number of rotatable bonds is 5. The van der Waals surface area contributed by atoms with E-state index in [1.807, 2.05) is 47.0 Å². The van der Waals surface area contributed by atoms with Crippen LogP contribution in [0.5, 0.6) is 0 Å². The van der Waals surface area contributed by atoms with Crippen molar-refractivity contribution in [1.29, 1.82) is 0 Å². The maximum atomic E-state index is 6.22. The van der Waals surface area contributed by atoms with E-state index in [2.05, 4.69) is 22.3 Å². The summed E-state index contributed by atoms with van der Waals surface area (Å²) in [7, 11) is 0. The number of aromatic nitrogens is 3. The molecule has 0 radical (unpaired) electrons. The van der Waals surface area contributed by atoms with Crippen LogP contribution in [-0.4, -0.2) is 14.8 Å². The first-order valence-corrected chi connectivity index (χ1v) is 8.19. The second-order valence-corrected chi connectivity index (χ2v) is 6.14. The van der Waals surface area contributed by atoms with E-state index in [0.29, 0.717) is 12.5 Å². The summed E-state index contributed by atoms with van der Waals surface area (Å²) in [5.74, 6) is 1.22. The molecule has 0 amide bonds. The molecular formula is C16H15ClN4S. The van der Waals surface area contributed by atoms with Crippen molar-refractivity contribution in [3.8, 4) is 0 Å². The van der Waals surface area contributed by atoms with Gasteiger partial charge in [-0.1, -0.05) is 71.9 Å². The molecule has 3 aromatic rings. The summed E-state index contributed by atoms with van der Waals surface area (Å²) in [6, 6.07) is 18.0. The molecule has 0 aliphatic rings. The van der Waals surface area contributed by atoms with E-state index in [0.717, 1.165) is 21.5 Å². The Hall–Kier alpha value is -1.98. The number of hydrogen-bond donors (Lipinski definition) is 1. The molecule has 1 heterocycles. The molecule has 112 valence electrons. The Balaban J connectivity index is 1.78. The SMILES string of the molecule is Nc1nnc(SCc2ccccc2)n1Cc1ccccc1Cl. The van der Waals surface area contributed by atoms with E-state index >= 15 is 0 Å². The smallest absolute Gasteiger partial charge is 0.223 e. The van der Waals surface area contributed by atoms with Crippen molar-refractivity contribution in [2.75, 3.05) is 5.73 Å². The first-order chi connectivity index (χ1) is 10.7. The van der Waals surface area contributed by atoms with Gasteiger partial charge in [0.2, 0.25) is 5.95 Å². The van der Waals surface area contributed by atoms with Gasteiger partial charge in [0.05, 0.1) is 6.54 Å². The van der Waals surface area contributed by atoms with Gasteiger partial charge in [0.15, 0.2) is 5.16 Å². The lowest BCUT2D eigenvalue weighted by atomic mass is 10.2. The molecule has 0 aliphatic heterocycles. The predicted octanol–water partition coefficient (Wildman–Crippen LogP) is 3.85. The number of halogens is 1. The Morgan fingerprint density at radius 2 is 1.73 bits per heavy atom. The molecule has 22 heavy (non-hydrogen) atoms. The quantitative estimate of drug-likeness (QED) is 0.722. The Morgan fingerprint density at radius 3 is 2.50 bits per heavy atom. The van der Waals surface area contributed by atoms with Crippen LogP contribution in [0.4, 0.5) is 5.95 Å². The monoisotopic (exact) mass is 330 g/mol. The average Bonchev–Trinajstić information content (AvgIpc) is 2.89. The Labute approximate surface area is 138 Å². The summed E-state index contributed by atoms with van der Waals surface area (Å²) in [6.07, 6.45) is 0. The Morgan fingerprint density at radius 1 is 1.00 bits per heavy atom. The fraction of sp³-hybridized carbons (Fsp3) is 0.125. The number of nitrogens with two attached hydrogens (primary N) is 1. The molecule has 4 nitrogen and oxygen atoms in total. The van der Waals surface area contributed by atoms with E-state index in [-0.39, 0.29) is 0 Å². The third-order valence-electron chi connectivity index (χ3n) is 3.24. The minimum absolute atomic E-state index is 0.399. The zero-order chi connectivity index (χ0) is 15.4. The Kier molecular flexibility index (Phi) is 4.65. The number of hydrogen-bond acceptors (Lipinski definition) is 4. The number of nitrogens with zero attached hydrogens (tertiary/aromatic N) is 3. The fourth-order valence-corrected chi connectivity index (χ4v) is 3.17. The van der Waals surface area contributed by atoms with E-state index in [1.165, 1.54) is 5.56 Å². The van der Waals surface area contributed by atoms with Gasteiger partial charge in [-0.15, -0.1) is 10.2 Å². The summed E-state index contributed by atoms with van der Waals surface area (Å²) >= 11 is 7.83. The van der Waals surface area contributed by atoms with Crippen molar-refractivity contribution in [3.63, 3.8) is 0 Å². The van der Waals surface area contributed by atoms with E-state index in [9.17, 15) is 0 Å². The van der Waals surface area contributed by atoms with Gasteiger partial charge in [0, 0.05) is 10.8 Å². The number of nitrogen functional groups attached to an aromatic ring is 1. The summed E-state index contributed by atoms with van der Waals surface area (Å²) < 4.78 is 1.88. The lowest BCUT2D eigenvalue weighted by molar-refractivity contribution is 0.717. The maximum absolute atomic E-state index is 6.22.